The second kappa shape index (κ2) is 4.29. The molecule has 0 saturated carbocycles. The van der Waals surface area contributed by atoms with Crippen LogP contribution >= 0.6 is 0 Å². The monoisotopic (exact) mass is 256 g/mol. The minimum absolute atomic E-state index is 0.163. The number of aromatic nitrogens is 1. The van der Waals surface area contributed by atoms with Crippen LogP contribution in [0.1, 0.15) is 5.56 Å². The molecule has 1 aromatic carbocycles. The molecular weight excluding hydrogens is 248 g/mol. The first-order valence-electron chi connectivity index (χ1n) is 4.96. The molecule has 2 rings (SSSR count). The third-order valence-corrected chi connectivity index (χ3v) is 2.35. The van der Waals surface area contributed by atoms with Gasteiger partial charge in [0.25, 0.3) is 0 Å². The zero-order chi connectivity index (χ0) is 13.3. The average molecular weight is 256 g/mol. The van der Waals surface area contributed by atoms with Crippen LogP contribution in [0.5, 0.6) is 0 Å². The molecule has 0 fully saturated rings. The summed E-state index contributed by atoms with van der Waals surface area (Å²) in [6, 6.07) is 5.65. The van der Waals surface area contributed by atoms with Crippen LogP contribution in [0.3, 0.4) is 0 Å². The van der Waals surface area contributed by atoms with Gasteiger partial charge >= 0.3 is 6.18 Å². The van der Waals surface area contributed by atoms with E-state index in [2.05, 4.69) is 4.98 Å². The summed E-state index contributed by atoms with van der Waals surface area (Å²) in [5.41, 5.74) is 5.00. The molecule has 0 radical (unpaired) electrons. The Labute approximate surface area is 100 Å². The maximum Gasteiger partial charge on any atom is 0.419 e. The number of hydrogen-bond acceptors (Lipinski definition) is 2. The highest BCUT2D eigenvalue weighted by Crippen LogP contribution is 2.34. The van der Waals surface area contributed by atoms with E-state index in [1.807, 2.05) is 0 Å². The van der Waals surface area contributed by atoms with Gasteiger partial charge in [0.15, 0.2) is 0 Å². The second-order valence-corrected chi connectivity index (χ2v) is 3.67. The molecule has 0 saturated heterocycles. The van der Waals surface area contributed by atoms with Gasteiger partial charge in [-0.2, -0.15) is 13.2 Å². The summed E-state index contributed by atoms with van der Waals surface area (Å²) < 4.78 is 50.7. The van der Waals surface area contributed by atoms with E-state index in [1.54, 1.807) is 0 Å². The number of alkyl halides is 3. The lowest BCUT2D eigenvalue weighted by atomic mass is 10.1. The summed E-state index contributed by atoms with van der Waals surface area (Å²) in [5, 5.41) is 0. The van der Waals surface area contributed by atoms with Gasteiger partial charge in [-0.05, 0) is 30.3 Å². The van der Waals surface area contributed by atoms with Gasteiger partial charge in [-0.3, -0.25) is 4.98 Å². The summed E-state index contributed by atoms with van der Waals surface area (Å²) in [6.45, 7) is 0. The van der Waals surface area contributed by atoms with Gasteiger partial charge in [-0.25, -0.2) is 4.39 Å². The Morgan fingerprint density at radius 1 is 1.06 bits per heavy atom. The fourth-order valence-corrected chi connectivity index (χ4v) is 1.51. The minimum Gasteiger partial charge on any atom is -0.399 e. The Morgan fingerprint density at radius 2 is 1.78 bits per heavy atom. The third-order valence-electron chi connectivity index (χ3n) is 2.35. The number of nitrogen functional groups attached to an aromatic ring is 1. The lowest BCUT2D eigenvalue weighted by molar-refractivity contribution is -0.139. The van der Waals surface area contributed by atoms with Gasteiger partial charge in [0.2, 0.25) is 0 Å². The van der Waals surface area contributed by atoms with Gasteiger partial charge in [0.1, 0.15) is 5.82 Å². The normalized spacial score (nSPS) is 11.6. The van der Waals surface area contributed by atoms with Crippen LogP contribution in [0.25, 0.3) is 11.3 Å². The molecule has 6 heteroatoms. The minimum atomic E-state index is -4.74. The highest BCUT2D eigenvalue weighted by Gasteiger charge is 2.34. The molecule has 2 N–H and O–H groups in total. The summed E-state index contributed by atoms with van der Waals surface area (Å²) in [4.78, 5) is 3.89. The molecule has 0 unspecified atom stereocenters. The highest BCUT2D eigenvalue weighted by atomic mass is 19.4. The summed E-state index contributed by atoms with van der Waals surface area (Å²) in [7, 11) is 0. The summed E-state index contributed by atoms with van der Waals surface area (Å²) in [6.07, 6.45) is -3.36. The Balaban J connectivity index is 2.54. The molecule has 0 aliphatic rings. The lowest BCUT2D eigenvalue weighted by Gasteiger charge is -2.10. The van der Waals surface area contributed by atoms with Crippen molar-refractivity contribution in [2.24, 2.45) is 0 Å². The smallest absolute Gasteiger partial charge is 0.399 e. The first-order chi connectivity index (χ1) is 8.38. The average Bonchev–Trinajstić information content (AvgIpc) is 2.28. The predicted molar refractivity (Wildman–Crippen MR) is 59.0 cm³/mol. The third kappa shape index (κ3) is 2.42. The lowest BCUT2D eigenvalue weighted by Crippen LogP contribution is -2.08. The standard InChI is InChI=1S/C12H8F4N2/c13-10-2-1-7(5-9(10)12(14,15)16)11-6-8(17)3-4-18-11/h1-6H,(H2,17,18). The van der Waals surface area contributed by atoms with E-state index in [1.165, 1.54) is 24.4 Å². The molecule has 0 atom stereocenters. The molecule has 2 aromatic rings. The van der Waals surface area contributed by atoms with Crippen LogP contribution in [-0.2, 0) is 6.18 Å². The molecule has 0 amide bonds. The zero-order valence-corrected chi connectivity index (χ0v) is 9.00. The van der Waals surface area contributed by atoms with Gasteiger partial charge in [-0.1, -0.05) is 0 Å². The van der Waals surface area contributed by atoms with E-state index in [0.29, 0.717) is 5.69 Å². The number of halogens is 4. The van der Waals surface area contributed by atoms with Crippen LogP contribution < -0.4 is 5.73 Å². The molecular formula is C12H8F4N2. The summed E-state index contributed by atoms with van der Waals surface area (Å²) >= 11 is 0. The van der Waals surface area contributed by atoms with E-state index in [0.717, 1.165) is 12.1 Å². The molecule has 0 spiro atoms. The predicted octanol–water partition coefficient (Wildman–Crippen LogP) is 3.49. The quantitative estimate of drug-likeness (QED) is 0.793. The maximum absolute atomic E-state index is 13.1. The van der Waals surface area contributed by atoms with Crippen LogP contribution in [-0.4, -0.2) is 4.98 Å². The largest absolute Gasteiger partial charge is 0.419 e. The van der Waals surface area contributed by atoms with Crippen molar-refractivity contribution in [2.75, 3.05) is 5.73 Å². The number of pyridine rings is 1. The fraction of sp³-hybridized carbons (Fsp3) is 0.0833. The molecule has 0 bridgehead atoms. The van der Waals surface area contributed by atoms with Crippen molar-refractivity contribution in [3.05, 3.63) is 47.9 Å². The molecule has 0 aliphatic carbocycles. The molecule has 2 nitrogen and oxygen atoms in total. The van der Waals surface area contributed by atoms with Gasteiger partial charge < -0.3 is 5.73 Å². The first-order valence-corrected chi connectivity index (χ1v) is 4.96. The SMILES string of the molecule is Nc1ccnc(-c2ccc(F)c(C(F)(F)F)c2)c1. The highest BCUT2D eigenvalue weighted by molar-refractivity contribution is 5.63. The van der Waals surface area contributed by atoms with Crippen LogP contribution in [0.15, 0.2) is 36.5 Å². The summed E-state index contributed by atoms with van der Waals surface area (Å²) in [5.74, 6) is -1.31. The molecule has 0 aliphatic heterocycles. The number of nitrogens with two attached hydrogens (primary N) is 1. The van der Waals surface area contributed by atoms with Crippen molar-refractivity contribution < 1.29 is 17.6 Å². The Bertz CT molecular complexity index is 579. The van der Waals surface area contributed by atoms with Crippen LogP contribution in [0, 0.1) is 5.82 Å². The Kier molecular flexibility index (Phi) is 2.94. The Morgan fingerprint density at radius 3 is 2.39 bits per heavy atom. The van der Waals surface area contributed by atoms with E-state index < -0.39 is 17.6 Å². The van der Waals surface area contributed by atoms with Crippen LogP contribution in [0.2, 0.25) is 0 Å². The second-order valence-electron chi connectivity index (χ2n) is 3.67. The molecule has 1 heterocycles. The van der Waals surface area contributed by atoms with Gasteiger partial charge in [0.05, 0.1) is 11.3 Å². The Hall–Kier alpha value is -2.11. The number of hydrogen-bond donors (Lipinski definition) is 1. The van der Waals surface area contributed by atoms with Gasteiger partial charge in [-0.15, -0.1) is 0 Å². The van der Waals surface area contributed by atoms with Crippen LogP contribution in [0.4, 0.5) is 23.2 Å². The topological polar surface area (TPSA) is 38.9 Å². The van der Waals surface area contributed by atoms with E-state index in [4.69, 9.17) is 5.73 Å². The van der Waals surface area contributed by atoms with Crippen molar-refractivity contribution in [2.45, 2.75) is 6.18 Å². The van der Waals surface area contributed by atoms with Crippen molar-refractivity contribution >= 4 is 5.69 Å². The van der Waals surface area contributed by atoms with E-state index >= 15 is 0 Å². The van der Waals surface area contributed by atoms with E-state index in [-0.39, 0.29) is 11.3 Å². The van der Waals surface area contributed by atoms with Crippen molar-refractivity contribution in [3.8, 4) is 11.3 Å². The number of anilines is 1. The van der Waals surface area contributed by atoms with Gasteiger partial charge in [0, 0.05) is 17.4 Å². The van der Waals surface area contributed by atoms with Crippen molar-refractivity contribution in [3.63, 3.8) is 0 Å². The molecule has 1 aromatic heterocycles. The number of benzene rings is 1. The fourth-order valence-electron chi connectivity index (χ4n) is 1.51. The maximum atomic E-state index is 13.1. The molecule has 94 valence electrons. The number of nitrogens with zero attached hydrogens (tertiary/aromatic N) is 1. The number of rotatable bonds is 1. The first kappa shape index (κ1) is 12.3. The molecule has 18 heavy (non-hydrogen) atoms. The zero-order valence-electron chi connectivity index (χ0n) is 9.00. The van der Waals surface area contributed by atoms with Crippen molar-refractivity contribution in [1.82, 2.24) is 4.98 Å². The van der Waals surface area contributed by atoms with Crippen molar-refractivity contribution in [1.29, 1.82) is 0 Å². The van der Waals surface area contributed by atoms with E-state index in [9.17, 15) is 17.6 Å².